The van der Waals surface area contributed by atoms with Crippen molar-refractivity contribution in [1.82, 2.24) is 9.97 Å². The van der Waals surface area contributed by atoms with Gasteiger partial charge in [0.1, 0.15) is 6.20 Å². The number of hydrogen-bond donors (Lipinski definition) is 0. The van der Waals surface area contributed by atoms with Crippen molar-refractivity contribution in [3.05, 3.63) is 48.4 Å². The number of hydrogen-bond acceptors (Lipinski definition) is 2. The lowest BCUT2D eigenvalue weighted by Gasteiger charge is -2.00. The topological polar surface area (TPSA) is 25.8 Å². The molecule has 2 aromatic rings. The van der Waals surface area contributed by atoms with E-state index in [2.05, 4.69) is 23.1 Å². The average molecular weight is 183 g/mol. The third-order valence-electron chi connectivity index (χ3n) is 2.05. The molecule has 0 fully saturated rings. The molecule has 14 heavy (non-hydrogen) atoms. The summed E-state index contributed by atoms with van der Waals surface area (Å²) < 4.78 is 0. The Kier molecular flexibility index (Phi) is 2.54. The van der Waals surface area contributed by atoms with E-state index < -0.39 is 0 Å². The Morgan fingerprint density at radius 3 is 2.71 bits per heavy atom. The number of rotatable bonds is 2. The van der Waals surface area contributed by atoms with Crippen molar-refractivity contribution in [1.29, 1.82) is 0 Å². The number of benzene rings is 1. The van der Waals surface area contributed by atoms with Crippen molar-refractivity contribution >= 4 is 0 Å². The molecule has 0 unspecified atom stereocenters. The highest BCUT2D eigenvalue weighted by Crippen LogP contribution is 2.14. The molecule has 2 nitrogen and oxygen atoms in total. The summed E-state index contributed by atoms with van der Waals surface area (Å²) in [7, 11) is 0. The third kappa shape index (κ3) is 1.79. The van der Waals surface area contributed by atoms with Gasteiger partial charge in [0, 0.05) is 11.8 Å². The summed E-state index contributed by atoms with van der Waals surface area (Å²) in [6, 6.07) is 9.99. The standard InChI is InChI=1S/C12H11N2/c1-2-11-8-13-9-12(14-11)10-6-4-3-5-7-10/h3-8H,2H2,1H3. The highest BCUT2D eigenvalue weighted by molar-refractivity contribution is 5.57. The second-order valence-electron chi connectivity index (χ2n) is 3.04. The van der Waals surface area contributed by atoms with Crippen LogP contribution < -0.4 is 0 Å². The molecule has 69 valence electrons. The van der Waals surface area contributed by atoms with E-state index in [1.54, 1.807) is 6.20 Å². The molecule has 1 aromatic heterocycles. The molecule has 1 aromatic carbocycles. The Balaban J connectivity index is 2.42. The summed E-state index contributed by atoms with van der Waals surface area (Å²) in [5.74, 6) is 0. The first-order valence-corrected chi connectivity index (χ1v) is 4.69. The van der Waals surface area contributed by atoms with Crippen molar-refractivity contribution in [2.75, 3.05) is 0 Å². The molecule has 0 spiro atoms. The lowest BCUT2D eigenvalue weighted by molar-refractivity contribution is 1.00. The van der Waals surface area contributed by atoms with E-state index in [0.29, 0.717) is 0 Å². The van der Waals surface area contributed by atoms with Crippen LogP contribution in [-0.4, -0.2) is 9.97 Å². The highest BCUT2D eigenvalue weighted by atomic mass is 14.8. The predicted molar refractivity (Wildman–Crippen MR) is 55.7 cm³/mol. The van der Waals surface area contributed by atoms with Crippen LogP contribution in [0.2, 0.25) is 0 Å². The van der Waals surface area contributed by atoms with E-state index in [4.69, 9.17) is 0 Å². The summed E-state index contributed by atoms with van der Waals surface area (Å²) in [6.07, 6.45) is 5.56. The summed E-state index contributed by atoms with van der Waals surface area (Å²) in [6.45, 7) is 2.07. The van der Waals surface area contributed by atoms with Gasteiger partial charge in [-0.15, -0.1) is 0 Å². The second kappa shape index (κ2) is 4.01. The van der Waals surface area contributed by atoms with Crippen LogP contribution in [0.1, 0.15) is 12.6 Å². The average Bonchev–Trinajstić information content (AvgIpc) is 2.30. The summed E-state index contributed by atoms with van der Waals surface area (Å²) in [5, 5.41) is 0. The SMILES string of the molecule is CCc1cn[c]c(-c2ccccc2)n1. The first-order chi connectivity index (χ1) is 6.90. The molecule has 0 atom stereocenters. The van der Waals surface area contributed by atoms with Gasteiger partial charge in [0.05, 0.1) is 11.4 Å². The van der Waals surface area contributed by atoms with E-state index in [0.717, 1.165) is 23.4 Å². The lowest BCUT2D eigenvalue weighted by atomic mass is 10.1. The number of aromatic nitrogens is 2. The molecular weight excluding hydrogens is 172 g/mol. The first kappa shape index (κ1) is 8.88. The molecule has 0 bridgehead atoms. The van der Waals surface area contributed by atoms with E-state index in [-0.39, 0.29) is 0 Å². The zero-order chi connectivity index (χ0) is 9.80. The Morgan fingerprint density at radius 1 is 1.21 bits per heavy atom. The van der Waals surface area contributed by atoms with Crippen LogP contribution in [-0.2, 0) is 6.42 Å². The molecule has 1 radical (unpaired) electrons. The Bertz CT molecular complexity index is 410. The molecule has 0 aliphatic carbocycles. The fraction of sp³-hybridized carbons (Fsp3) is 0.167. The van der Waals surface area contributed by atoms with Crippen LogP contribution in [0.5, 0.6) is 0 Å². The van der Waals surface area contributed by atoms with Crippen LogP contribution in [0.3, 0.4) is 0 Å². The van der Waals surface area contributed by atoms with Gasteiger partial charge in [-0.2, -0.15) is 0 Å². The Morgan fingerprint density at radius 2 is 2.00 bits per heavy atom. The molecule has 0 N–H and O–H groups in total. The fourth-order valence-corrected chi connectivity index (χ4v) is 1.26. The van der Waals surface area contributed by atoms with E-state index >= 15 is 0 Å². The number of nitrogens with zero attached hydrogens (tertiary/aromatic N) is 2. The Labute approximate surface area is 83.7 Å². The molecular formula is C12H11N2. The van der Waals surface area contributed by atoms with Crippen molar-refractivity contribution in [2.24, 2.45) is 0 Å². The minimum Gasteiger partial charge on any atom is -0.250 e. The Hall–Kier alpha value is -1.70. The van der Waals surface area contributed by atoms with Crippen molar-refractivity contribution in [2.45, 2.75) is 13.3 Å². The third-order valence-corrected chi connectivity index (χ3v) is 2.05. The highest BCUT2D eigenvalue weighted by Gasteiger charge is 1.99. The van der Waals surface area contributed by atoms with Crippen LogP contribution in [0.15, 0.2) is 36.5 Å². The second-order valence-corrected chi connectivity index (χ2v) is 3.04. The summed E-state index contributed by atoms with van der Waals surface area (Å²) in [5.41, 5.74) is 2.89. The molecule has 0 saturated heterocycles. The van der Waals surface area contributed by atoms with E-state index in [1.165, 1.54) is 0 Å². The first-order valence-electron chi connectivity index (χ1n) is 4.69. The summed E-state index contributed by atoms with van der Waals surface area (Å²) >= 11 is 0. The van der Waals surface area contributed by atoms with Crippen LogP contribution in [0.4, 0.5) is 0 Å². The number of aryl methyl sites for hydroxylation is 1. The smallest absolute Gasteiger partial charge is 0.117 e. The van der Waals surface area contributed by atoms with Crippen LogP contribution in [0, 0.1) is 6.20 Å². The maximum absolute atomic E-state index is 4.44. The monoisotopic (exact) mass is 183 g/mol. The quantitative estimate of drug-likeness (QED) is 0.715. The maximum atomic E-state index is 4.44. The molecule has 2 heteroatoms. The van der Waals surface area contributed by atoms with Crippen molar-refractivity contribution in [3.8, 4) is 11.3 Å². The van der Waals surface area contributed by atoms with Gasteiger partial charge in [-0.05, 0) is 6.42 Å². The molecule has 0 aliphatic heterocycles. The van der Waals surface area contributed by atoms with Gasteiger partial charge in [0.15, 0.2) is 0 Å². The molecule has 2 rings (SSSR count). The van der Waals surface area contributed by atoms with Gasteiger partial charge < -0.3 is 0 Å². The van der Waals surface area contributed by atoms with Gasteiger partial charge in [0.25, 0.3) is 0 Å². The van der Waals surface area contributed by atoms with Gasteiger partial charge in [-0.3, -0.25) is 4.98 Å². The van der Waals surface area contributed by atoms with Crippen molar-refractivity contribution < 1.29 is 0 Å². The predicted octanol–water partition coefficient (Wildman–Crippen LogP) is 2.51. The fourth-order valence-electron chi connectivity index (χ4n) is 1.26. The van der Waals surface area contributed by atoms with Gasteiger partial charge in [-0.1, -0.05) is 37.3 Å². The van der Waals surface area contributed by atoms with E-state index in [1.807, 2.05) is 30.3 Å². The maximum Gasteiger partial charge on any atom is 0.117 e. The lowest BCUT2D eigenvalue weighted by Crippen LogP contribution is -1.92. The summed E-state index contributed by atoms with van der Waals surface area (Å²) in [4.78, 5) is 8.49. The van der Waals surface area contributed by atoms with Crippen molar-refractivity contribution in [3.63, 3.8) is 0 Å². The zero-order valence-electron chi connectivity index (χ0n) is 8.07. The molecule has 0 saturated carbocycles. The van der Waals surface area contributed by atoms with Crippen LogP contribution in [0.25, 0.3) is 11.3 Å². The van der Waals surface area contributed by atoms with Gasteiger partial charge in [-0.25, -0.2) is 4.98 Å². The van der Waals surface area contributed by atoms with Gasteiger partial charge in [0.2, 0.25) is 0 Å². The molecule has 1 heterocycles. The minimum absolute atomic E-state index is 0.824. The minimum atomic E-state index is 0.824. The largest absolute Gasteiger partial charge is 0.250 e. The molecule has 0 amide bonds. The zero-order valence-corrected chi connectivity index (χ0v) is 8.07. The van der Waals surface area contributed by atoms with E-state index in [9.17, 15) is 0 Å². The normalized spacial score (nSPS) is 10.1. The van der Waals surface area contributed by atoms with Gasteiger partial charge >= 0.3 is 0 Å². The van der Waals surface area contributed by atoms with Crippen LogP contribution >= 0.6 is 0 Å². The molecule has 0 aliphatic rings.